The third-order valence-corrected chi connectivity index (χ3v) is 3.63. The Morgan fingerprint density at radius 1 is 1.47 bits per heavy atom. The molecule has 1 aromatic carbocycles. The van der Waals surface area contributed by atoms with Crippen molar-refractivity contribution in [1.29, 1.82) is 0 Å². The molecule has 2 atom stereocenters. The minimum absolute atomic E-state index is 0.0289. The lowest BCUT2D eigenvalue weighted by Gasteiger charge is -2.01. The molecule has 1 fully saturated rings. The van der Waals surface area contributed by atoms with Gasteiger partial charge in [0.15, 0.2) is 5.82 Å². The predicted octanol–water partition coefficient (Wildman–Crippen LogP) is 1.82. The van der Waals surface area contributed by atoms with Crippen molar-refractivity contribution >= 4 is 15.9 Å². The molecule has 0 bridgehead atoms. The van der Waals surface area contributed by atoms with E-state index in [1.807, 2.05) is 24.3 Å². The van der Waals surface area contributed by atoms with Gasteiger partial charge in [0, 0.05) is 17.4 Å². The molecule has 2 heterocycles. The molecule has 1 aliphatic rings. The number of hydrogen-bond acceptors (Lipinski definition) is 5. The van der Waals surface area contributed by atoms with Gasteiger partial charge in [0.25, 0.3) is 0 Å². The van der Waals surface area contributed by atoms with E-state index in [1.165, 1.54) is 0 Å². The number of aromatic nitrogens is 2. The van der Waals surface area contributed by atoms with Crippen LogP contribution in [0, 0.1) is 0 Å². The maximum Gasteiger partial charge on any atom is 0.243 e. The van der Waals surface area contributed by atoms with E-state index >= 15 is 0 Å². The summed E-state index contributed by atoms with van der Waals surface area (Å²) in [5.41, 5.74) is 1.13. The summed E-state index contributed by atoms with van der Waals surface area (Å²) in [6.45, 7) is 0.577. The molecule has 6 heteroatoms. The third kappa shape index (κ3) is 3.02. The molecule has 0 saturated carbocycles. The summed E-state index contributed by atoms with van der Waals surface area (Å²) >= 11 is 3.44. The van der Waals surface area contributed by atoms with Crippen LogP contribution in [0.2, 0.25) is 0 Å². The SMILES string of the molecule is O[C@@H]1CN[C@H](c2nc(Cc3cccc(Br)c3)no2)C1. The van der Waals surface area contributed by atoms with Gasteiger partial charge in [0.2, 0.25) is 5.89 Å². The van der Waals surface area contributed by atoms with Gasteiger partial charge in [-0.05, 0) is 24.1 Å². The Morgan fingerprint density at radius 3 is 3.11 bits per heavy atom. The summed E-state index contributed by atoms with van der Waals surface area (Å²) in [6, 6.07) is 8.00. The molecule has 5 nitrogen and oxygen atoms in total. The first kappa shape index (κ1) is 12.8. The van der Waals surface area contributed by atoms with Crippen molar-refractivity contribution in [2.75, 3.05) is 6.54 Å². The van der Waals surface area contributed by atoms with Crippen molar-refractivity contribution < 1.29 is 9.63 Å². The summed E-state index contributed by atoms with van der Waals surface area (Å²) in [5.74, 6) is 1.22. The van der Waals surface area contributed by atoms with Gasteiger partial charge < -0.3 is 14.9 Å². The van der Waals surface area contributed by atoms with Crippen LogP contribution in [0.1, 0.15) is 29.7 Å². The topological polar surface area (TPSA) is 71.2 Å². The Labute approximate surface area is 119 Å². The van der Waals surface area contributed by atoms with Crippen molar-refractivity contribution in [3.05, 3.63) is 46.0 Å². The molecule has 100 valence electrons. The molecule has 2 N–H and O–H groups in total. The van der Waals surface area contributed by atoms with Crippen LogP contribution < -0.4 is 5.32 Å². The summed E-state index contributed by atoms with van der Waals surface area (Å²) < 4.78 is 6.29. The number of benzene rings is 1. The second-order valence-corrected chi connectivity index (χ2v) is 5.62. The number of nitrogens with one attached hydrogen (secondary N) is 1. The van der Waals surface area contributed by atoms with E-state index in [-0.39, 0.29) is 12.1 Å². The molecule has 0 amide bonds. The van der Waals surface area contributed by atoms with Crippen molar-refractivity contribution in [3.8, 4) is 0 Å². The Balaban J connectivity index is 1.71. The minimum Gasteiger partial charge on any atom is -0.392 e. The van der Waals surface area contributed by atoms with Crippen LogP contribution in [0.5, 0.6) is 0 Å². The molecule has 2 aromatic rings. The fourth-order valence-electron chi connectivity index (χ4n) is 2.22. The average molecular weight is 324 g/mol. The van der Waals surface area contributed by atoms with E-state index in [4.69, 9.17) is 4.52 Å². The normalized spacial score (nSPS) is 22.8. The van der Waals surface area contributed by atoms with Crippen molar-refractivity contribution in [3.63, 3.8) is 0 Å². The van der Waals surface area contributed by atoms with E-state index in [9.17, 15) is 5.11 Å². The predicted molar refractivity (Wildman–Crippen MR) is 72.6 cm³/mol. The van der Waals surface area contributed by atoms with Gasteiger partial charge in [-0.25, -0.2) is 0 Å². The molecule has 0 aliphatic carbocycles. The maximum atomic E-state index is 9.48. The van der Waals surface area contributed by atoms with E-state index in [2.05, 4.69) is 31.4 Å². The zero-order valence-electron chi connectivity index (χ0n) is 10.2. The van der Waals surface area contributed by atoms with E-state index < -0.39 is 0 Å². The molecule has 1 aromatic heterocycles. The van der Waals surface area contributed by atoms with Crippen LogP contribution in [0.25, 0.3) is 0 Å². The van der Waals surface area contributed by atoms with Crippen LogP contribution in [-0.2, 0) is 6.42 Å². The zero-order valence-corrected chi connectivity index (χ0v) is 11.8. The molecular weight excluding hydrogens is 310 g/mol. The number of aliphatic hydroxyl groups is 1. The van der Waals surface area contributed by atoms with Gasteiger partial charge >= 0.3 is 0 Å². The standard InChI is InChI=1S/C13H14BrN3O2/c14-9-3-1-2-8(4-9)5-12-16-13(19-17-12)11-6-10(18)7-15-11/h1-4,10-11,15,18H,5-7H2/t10-,11-/m0/s1. The fourth-order valence-corrected chi connectivity index (χ4v) is 2.66. The Kier molecular flexibility index (Phi) is 3.63. The number of halogens is 1. The first-order valence-electron chi connectivity index (χ1n) is 6.19. The zero-order chi connectivity index (χ0) is 13.2. The van der Waals surface area contributed by atoms with Crippen molar-refractivity contribution in [1.82, 2.24) is 15.5 Å². The monoisotopic (exact) mass is 323 g/mol. The van der Waals surface area contributed by atoms with Gasteiger partial charge in [-0.2, -0.15) is 4.98 Å². The smallest absolute Gasteiger partial charge is 0.243 e. The highest BCUT2D eigenvalue weighted by atomic mass is 79.9. The van der Waals surface area contributed by atoms with E-state index in [1.54, 1.807) is 0 Å². The minimum atomic E-state index is -0.328. The van der Waals surface area contributed by atoms with E-state index in [0.717, 1.165) is 10.0 Å². The molecule has 1 aliphatic heterocycles. The molecule has 0 unspecified atom stereocenters. The van der Waals surface area contributed by atoms with Crippen molar-refractivity contribution in [2.24, 2.45) is 0 Å². The summed E-state index contributed by atoms with van der Waals surface area (Å²) in [5, 5.41) is 16.6. The van der Waals surface area contributed by atoms with Crippen LogP contribution in [0.15, 0.2) is 33.3 Å². The average Bonchev–Trinajstić information content (AvgIpc) is 2.98. The van der Waals surface area contributed by atoms with Crippen LogP contribution in [0.3, 0.4) is 0 Å². The Morgan fingerprint density at radius 2 is 2.37 bits per heavy atom. The second-order valence-electron chi connectivity index (χ2n) is 4.71. The Bertz CT molecular complexity index is 573. The molecule has 19 heavy (non-hydrogen) atoms. The molecule has 0 radical (unpaired) electrons. The highest BCUT2D eigenvalue weighted by molar-refractivity contribution is 9.10. The largest absolute Gasteiger partial charge is 0.392 e. The van der Waals surface area contributed by atoms with Gasteiger partial charge in [-0.3, -0.25) is 0 Å². The lowest BCUT2D eigenvalue weighted by molar-refractivity contribution is 0.191. The van der Waals surface area contributed by atoms with Crippen molar-refractivity contribution in [2.45, 2.75) is 25.0 Å². The fraction of sp³-hybridized carbons (Fsp3) is 0.385. The maximum absolute atomic E-state index is 9.48. The molecule has 3 rings (SSSR count). The summed E-state index contributed by atoms with van der Waals surface area (Å²) in [7, 11) is 0. The first-order valence-corrected chi connectivity index (χ1v) is 6.98. The third-order valence-electron chi connectivity index (χ3n) is 3.14. The van der Waals surface area contributed by atoms with Gasteiger partial charge in [0.05, 0.1) is 12.1 Å². The summed E-state index contributed by atoms with van der Waals surface area (Å²) in [4.78, 5) is 4.38. The lowest BCUT2D eigenvalue weighted by Crippen LogP contribution is -2.15. The Hall–Kier alpha value is -1.24. The quantitative estimate of drug-likeness (QED) is 0.901. The molecule has 0 spiro atoms. The van der Waals surface area contributed by atoms with Gasteiger partial charge in [-0.15, -0.1) is 0 Å². The number of rotatable bonds is 3. The highest BCUT2D eigenvalue weighted by Gasteiger charge is 2.27. The van der Waals surface area contributed by atoms with Gasteiger partial charge in [-0.1, -0.05) is 33.2 Å². The summed E-state index contributed by atoms with van der Waals surface area (Å²) in [6.07, 6.45) is 0.932. The molecular formula is C13H14BrN3O2. The number of hydrogen-bond donors (Lipinski definition) is 2. The molecule has 1 saturated heterocycles. The number of nitrogens with zero attached hydrogens (tertiary/aromatic N) is 2. The number of β-amino-alcohol motifs (C(OH)–C–C–N with tert-alkyl or cyclic N) is 1. The number of aliphatic hydroxyl groups excluding tert-OH is 1. The first-order chi connectivity index (χ1) is 9.20. The highest BCUT2D eigenvalue weighted by Crippen LogP contribution is 2.22. The van der Waals surface area contributed by atoms with Gasteiger partial charge in [0.1, 0.15) is 0 Å². The van der Waals surface area contributed by atoms with Crippen LogP contribution in [-0.4, -0.2) is 27.9 Å². The second kappa shape index (κ2) is 5.40. The lowest BCUT2D eigenvalue weighted by atomic mass is 10.1. The van der Waals surface area contributed by atoms with Crippen LogP contribution in [0.4, 0.5) is 0 Å². The van der Waals surface area contributed by atoms with E-state index in [0.29, 0.717) is 31.1 Å². The van der Waals surface area contributed by atoms with Crippen LogP contribution >= 0.6 is 15.9 Å².